The zero-order valence-electron chi connectivity index (χ0n) is 9.00. The van der Waals surface area contributed by atoms with Gasteiger partial charge in [-0.3, -0.25) is 0 Å². The van der Waals surface area contributed by atoms with Crippen LogP contribution in [0, 0.1) is 6.92 Å². The van der Waals surface area contributed by atoms with Crippen molar-refractivity contribution in [1.82, 2.24) is 0 Å². The van der Waals surface area contributed by atoms with Gasteiger partial charge in [-0.25, -0.2) is 8.42 Å². The quantitative estimate of drug-likeness (QED) is 0.776. The van der Waals surface area contributed by atoms with Crippen molar-refractivity contribution in [1.29, 1.82) is 0 Å². The van der Waals surface area contributed by atoms with Crippen LogP contribution < -0.4 is 9.47 Å². The highest BCUT2D eigenvalue weighted by Crippen LogP contribution is 2.42. The first-order chi connectivity index (χ1) is 7.88. The Morgan fingerprint density at radius 1 is 1.41 bits per heavy atom. The number of fused-ring (bicyclic) bond motifs is 1. The lowest BCUT2D eigenvalue weighted by molar-refractivity contribution is 0.170. The molecule has 0 saturated carbocycles. The van der Waals surface area contributed by atoms with E-state index in [2.05, 4.69) is 15.9 Å². The van der Waals surface area contributed by atoms with Gasteiger partial charge in [0.2, 0.25) is 9.05 Å². The van der Waals surface area contributed by atoms with E-state index in [0.717, 1.165) is 5.56 Å². The highest BCUT2D eigenvalue weighted by molar-refractivity contribution is 9.10. The zero-order chi connectivity index (χ0) is 12.6. The van der Waals surface area contributed by atoms with Crippen LogP contribution in [0.1, 0.15) is 11.1 Å². The van der Waals surface area contributed by atoms with Crippen molar-refractivity contribution in [2.75, 3.05) is 13.2 Å². The first kappa shape index (κ1) is 13.0. The largest absolute Gasteiger partial charge is 0.486 e. The monoisotopic (exact) mass is 340 g/mol. The Balaban J connectivity index is 2.53. The van der Waals surface area contributed by atoms with Crippen LogP contribution in [0.5, 0.6) is 11.5 Å². The molecule has 0 saturated heterocycles. The molecule has 94 valence electrons. The van der Waals surface area contributed by atoms with Crippen molar-refractivity contribution >= 4 is 35.7 Å². The fourth-order valence-electron chi connectivity index (χ4n) is 1.65. The van der Waals surface area contributed by atoms with Crippen molar-refractivity contribution in [2.24, 2.45) is 0 Å². The molecule has 0 amide bonds. The first-order valence-corrected chi connectivity index (χ1v) is 8.15. The maximum atomic E-state index is 11.1. The van der Waals surface area contributed by atoms with Gasteiger partial charge in [0.05, 0.1) is 10.2 Å². The lowest BCUT2D eigenvalue weighted by Crippen LogP contribution is -2.16. The number of rotatable bonds is 2. The molecule has 17 heavy (non-hydrogen) atoms. The third kappa shape index (κ3) is 2.86. The highest BCUT2D eigenvalue weighted by Gasteiger charge is 2.22. The van der Waals surface area contributed by atoms with Gasteiger partial charge in [-0.1, -0.05) is 0 Å². The Morgan fingerprint density at radius 2 is 2.06 bits per heavy atom. The van der Waals surface area contributed by atoms with Gasteiger partial charge < -0.3 is 9.47 Å². The van der Waals surface area contributed by atoms with Crippen LogP contribution in [-0.2, 0) is 14.8 Å². The summed E-state index contributed by atoms with van der Waals surface area (Å²) in [6, 6.07) is 1.76. The Labute approximate surface area is 112 Å². The van der Waals surface area contributed by atoms with Crippen molar-refractivity contribution in [3.63, 3.8) is 0 Å². The summed E-state index contributed by atoms with van der Waals surface area (Å²) in [4.78, 5) is 0. The molecule has 1 aliphatic rings. The van der Waals surface area contributed by atoms with Gasteiger partial charge in [0.15, 0.2) is 11.5 Å². The summed E-state index contributed by atoms with van der Waals surface area (Å²) in [6.45, 7) is 2.74. The van der Waals surface area contributed by atoms with E-state index in [9.17, 15) is 8.42 Å². The second-order valence-electron chi connectivity index (χ2n) is 3.69. The van der Waals surface area contributed by atoms with E-state index in [0.29, 0.717) is 34.7 Å². The minimum absolute atomic E-state index is 0.238. The molecule has 0 fully saturated rings. The van der Waals surface area contributed by atoms with Crippen molar-refractivity contribution in [3.8, 4) is 11.5 Å². The summed E-state index contributed by atoms with van der Waals surface area (Å²) < 4.78 is 33.8. The van der Waals surface area contributed by atoms with Gasteiger partial charge in [-0.05, 0) is 40.0 Å². The van der Waals surface area contributed by atoms with Gasteiger partial charge in [0.1, 0.15) is 13.2 Å². The Hall–Kier alpha value is -0.460. The molecule has 7 heteroatoms. The maximum Gasteiger partial charge on any atom is 0.236 e. The van der Waals surface area contributed by atoms with Crippen LogP contribution in [0.3, 0.4) is 0 Å². The molecule has 1 heterocycles. The summed E-state index contributed by atoms with van der Waals surface area (Å²) in [5, 5.41) is 0. The van der Waals surface area contributed by atoms with Crippen LogP contribution in [-0.4, -0.2) is 21.6 Å². The molecule has 1 aromatic carbocycles. The minimum Gasteiger partial charge on any atom is -0.486 e. The average Bonchev–Trinajstić information content (AvgIpc) is 2.23. The molecular formula is C10H10BrClO4S. The predicted octanol–water partition coefficient (Wildman–Crippen LogP) is 2.60. The standard InChI is InChI=1S/C10H10BrClO4S/c1-6-4-8-10(16-3-2-15-8)9(11)7(6)5-17(12,13)14/h4H,2-3,5H2,1H3. The molecule has 1 aromatic rings. The van der Waals surface area contributed by atoms with Gasteiger partial charge in [-0.2, -0.15) is 0 Å². The average molecular weight is 342 g/mol. The van der Waals surface area contributed by atoms with E-state index in [-0.39, 0.29) is 5.75 Å². The molecule has 0 N–H and O–H groups in total. The second-order valence-corrected chi connectivity index (χ2v) is 7.26. The highest BCUT2D eigenvalue weighted by atomic mass is 79.9. The molecule has 2 rings (SSSR count). The van der Waals surface area contributed by atoms with Gasteiger partial charge in [-0.15, -0.1) is 0 Å². The van der Waals surface area contributed by atoms with Crippen LogP contribution in [0.25, 0.3) is 0 Å². The molecule has 0 spiro atoms. The number of hydrogen-bond acceptors (Lipinski definition) is 4. The molecule has 0 aliphatic carbocycles. The zero-order valence-corrected chi connectivity index (χ0v) is 12.2. The van der Waals surface area contributed by atoms with Crippen LogP contribution >= 0.6 is 26.6 Å². The van der Waals surface area contributed by atoms with Crippen LogP contribution in [0.4, 0.5) is 0 Å². The van der Waals surface area contributed by atoms with Crippen molar-refractivity contribution in [2.45, 2.75) is 12.7 Å². The minimum atomic E-state index is -3.60. The summed E-state index contributed by atoms with van der Waals surface area (Å²) in [6.07, 6.45) is 0. The molecule has 4 nitrogen and oxygen atoms in total. The molecule has 0 unspecified atom stereocenters. The van der Waals surface area contributed by atoms with Gasteiger partial charge in [0, 0.05) is 10.7 Å². The molecule has 1 aliphatic heterocycles. The van der Waals surface area contributed by atoms with Crippen molar-refractivity contribution < 1.29 is 17.9 Å². The normalized spacial score (nSPS) is 14.8. The van der Waals surface area contributed by atoms with E-state index in [4.69, 9.17) is 20.2 Å². The van der Waals surface area contributed by atoms with E-state index in [1.807, 2.05) is 0 Å². The predicted molar refractivity (Wildman–Crippen MR) is 68.3 cm³/mol. The lowest BCUT2D eigenvalue weighted by atomic mass is 10.1. The van der Waals surface area contributed by atoms with E-state index >= 15 is 0 Å². The van der Waals surface area contributed by atoms with Gasteiger partial charge in [0.25, 0.3) is 0 Å². The summed E-state index contributed by atoms with van der Waals surface area (Å²) in [7, 11) is 1.67. The SMILES string of the molecule is Cc1cc2c(c(Br)c1CS(=O)(=O)Cl)OCCO2. The van der Waals surface area contributed by atoms with Crippen LogP contribution in [0.15, 0.2) is 10.5 Å². The first-order valence-electron chi connectivity index (χ1n) is 4.88. The Kier molecular flexibility index (Phi) is 3.56. The summed E-state index contributed by atoms with van der Waals surface area (Å²) in [5.74, 6) is 0.922. The van der Waals surface area contributed by atoms with E-state index < -0.39 is 9.05 Å². The van der Waals surface area contributed by atoms with E-state index in [1.165, 1.54) is 0 Å². The van der Waals surface area contributed by atoms with Crippen molar-refractivity contribution in [3.05, 3.63) is 21.7 Å². The van der Waals surface area contributed by atoms with Crippen LogP contribution in [0.2, 0.25) is 0 Å². The second kappa shape index (κ2) is 4.66. The Bertz CT molecular complexity index is 556. The Morgan fingerprint density at radius 3 is 2.71 bits per heavy atom. The number of ether oxygens (including phenoxy) is 2. The number of benzene rings is 1. The topological polar surface area (TPSA) is 52.6 Å². The van der Waals surface area contributed by atoms with Gasteiger partial charge >= 0.3 is 0 Å². The number of halogens is 2. The molecule has 0 bridgehead atoms. The summed E-state index contributed by atoms with van der Waals surface area (Å²) >= 11 is 3.34. The smallest absolute Gasteiger partial charge is 0.236 e. The molecule has 0 atom stereocenters. The molecular weight excluding hydrogens is 332 g/mol. The lowest BCUT2D eigenvalue weighted by Gasteiger charge is -2.22. The summed E-state index contributed by atoms with van der Waals surface area (Å²) in [5.41, 5.74) is 1.40. The fraction of sp³-hybridized carbons (Fsp3) is 0.400. The third-order valence-corrected chi connectivity index (χ3v) is 4.22. The molecule has 0 aromatic heterocycles. The van der Waals surface area contributed by atoms with E-state index in [1.54, 1.807) is 13.0 Å². The fourth-order valence-corrected chi connectivity index (χ4v) is 3.65. The maximum absolute atomic E-state index is 11.1. The number of aryl methyl sites for hydroxylation is 1. The molecule has 0 radical (unpaired) electrons. The number of hydrogen-bond donors (Lipinski definition) is 0. The third-order valence-electron chi connectivity index (χ3n) is 2.42.